The molecule has 1 aromatic rings. The largest absolute Gasteiger partial charge is 0.311 e. The first-order chi connectivity index (χ1) is 9.01. The molecule has 19 heavy (non-hydrogen) atoms. The molecule has 2 rings (SSSR count). The molecule has 0 bridgehead atoms. The molecule has 6 heteroatoms. The van der Waals surface area contributed by atoms with Crippen LogP contribution in [0.4, 0.5) is 5.69 Å². The second-order valence-electron chi connectivity index (χ2n) is 4.26. The maximum atomic E-state index is 12.0. The number of hydrogen-bond donors (Lipinski definition) is 0. The number of carbonyl (C=O) groups excluding carboxylic acids is 3. The van der Waals surface area contributed by atoms with Gasteiger partial charge in [0.05, 0.1) is 5.69 Å². The molecule has 1 aromatic carbocycles. The highest BCUT2D eigenvalue weighted by Crippen LogP contribution is 2.31. The molecule has 1 heterocycles. The minimum Gasteiger partial charge on any atom is -0.311 e. The summed E-state index contributed by atoms with van der Waals surface area (Å²) in [5.74, 6) is -0.0517. The molecule has 1 amide bonds. The van der Waals surface area contributed by atoms with Crippen LogP contribution in [0.2, 0.25) is 0 Å². The van der Waals surface area contributed by atoms with Crippen LogP contribution >= 0.6 is 27.7 Å². The summed E-state index contributed by atoms with van der Waals surface area (Å²) in [6.45, 7) is 1.96. The molecule has 0 spiro atoms. The average molecular weight is 342 g/mol. The second-order valence-corrected chi connectivity index (χ2v) is 6.65. The standard InChI is InChI=1S/C13H12BrNO3S/c1-8(17)19-11-5-13(18)15(6-11)12-3-2-10(14)4-9(12)7-16/h2-4,7,11H,5-6H2,1H3. The van der Waals surface area contributed by atoms with E-state index in [-0.39, 0.29) is 16.3 Å². The van der Waals surface area contributed by atoms with Gasteiger partial charge < -0.3 is 4.90 Å². The Morgan fingerprint density at radius 3 is 2.89 bits per heavy atom. The lowest BCUT2D eigenvalue weighted by atomic mass is 10.2. The zero-order chi connectivity index (χ0) is 14.0. The first kappa shape index (κ1) is 14.3. The summed E-state index contributed by atoms with van der Waals surface area (Å²) in [5.41, 5.74) is 1.08. The Hall–Kier alpha value is -1.14. The van der Waals surface area contributed by atoms with E-state index in [4.69, 9.17) is 0 Å². The first-order valence-corrected chi connectivity index (χ1v) is 7.41. The van der Waals surface area contributed by atoms with Gasteiger partial charge in [-0.1, -0.05) is 27.7 Å². The highest BCUT2D eigenvalue weighted by atomic mass is 79.9. The number of nitrogens with zero attached hydrogens (tertiary/aromatic N) is 1. The zero-order valence-electron chi connectivity index (χ0n) is 10.3. The van der Waals surface area contributed by atoms with Gasteiger partial charge in [0.15, 0.2) is 11.4 Å². The molecule has 0 N–H and O–H groups in total. The van der Waals surface area contributed by atoms with Crippen molar-refractivity contribution < 1.29 is 14.4 Å². The molecule has 0 saturated carbocycles. The van der Waals surface area contributed by atoms with Crippen LogP contribution in [-0.4, -0.2) is 29.1 Å². The van der Waals surface area contributed by atoms with E-state index in [9.17, 15) is 14.4 Å². The number of amides is 1. The Labute approximate surface area is 123 Å². The monoisotopic (exact) mass is 341 g/mol. The van der Waals surface area contributed by atoms with Gasteiger partial charge in [-0.05, 0) is 18.2 Å². The number of benzene rings is 1. The molecule has 0 radical (unpaired) electrons. The number of aldehydes is 1. The number of thioether (sulfide) groups is 1. The summed E-state index contributed by atoms with van der Waals surface area (Å²) in [5, 5.41) is -0.0285. The molecule has 1 aliphatic heterocycles. The minimum absolute atomic E-state index is 0.00562. The van der Waals surface area contributed by atoms with E-state index in [1.165, 1.54) is 18.7 Å². The predicted molar refractivity (Wildman–Crippen MR) is 78.6 cm³/mol. The smallest absolute Gasteiger partial charge is 0.228 e. The van der Waals surface area contributed by atoms with Gasteiger partial charge >= 0.3 is 0 Å². The van der Waals surface area contributed by atoms with Gasteiger partial charge in [-0.2, -0.15) is 0 Å². The van der Waals surface area contributed by atoms with E-state index in [1.807, 2.05) is 0 Å². The molecule has 1 atom stereocenters. The number of halogens is 1. The molecule has 0 aliphatic carbocycles. The van der Waals surface area contributed by atoms with Crippen LogP contribution in [-0.2, 0) is 9.59 Å². The van der Waals surface area contributed by atoms with Crippen LogP contribution in [0.1, 0.15) is 23.7 Å². The maximum absolute atomic E-state index is 12.0. The lowest BCUT2D eigenvalue weighted by Crippen LogP contribution is -2.26. The van der Waals surface area contributed by atoms with E-state index < -0.39 is 0 Å². The SMILES string of the molecule is CC(=O)SC1CC(=O)N(c2ccc(Br)cc2C=O)C1. The summed E-state index contributed by atoms with van der Waals surface area (Å²) in [4.78, 5) is 35.7. The Bertz CT molecular complexity index is 547. The third-order valence-electron chi connectivity index (χ3n) is 2.83. The maximum Gasteiger partial charge on any atom is 0.228 e. The normalized spacial score (nSPS) is 18.7. The van der Waals surface area contributed by atoms with Gasteiger partial charge in [0.25, 0.3) is 0 Å². The van der Waals surface area contributed by atoms with Crippen molar-refractivity contribution in [1.82, 2.24) is 0 Å². The fraction of sp³-hybridized carbons (Fsp3) is 0.308. The van der Waals surface area contributed by atoms with Crippen LogP contribution in [0, 0.1) is 0 Å². The predicted octanol–water partition coefficient (Wildman–Crippen LogP) is 2.65. The Kier molecular flexibility index (Phi) is 4.42. The fourth-order valence-electron chi connectivity index (χ4n) is 2.09. The van der Waals surface area contributed by atoms with Gasteiger partial charge in [-0.3, -0.25) is 14.4 Å². The summed E-state index contributed by atoms with van der Waals surface area (Å²) in [6, 6.07) is 5.22. The molecule has 1 unspecified atom stereocenters. The number of carbonyl (C=O) groups is 3. The molecule has 4 nitrogen and oxygen atoms in total. The van der Waals surface area contributed by atoms with Crippen molar-refractivity contribution in [3.8, 4) is 0 Å². The van der Waals surface area contributed by atoms with Gasteiger partial charge in [0.2, 0.25) is 5.91 Å². The van der Waals surface area contributed by atoms with Crippen LogP contribution in [0.5, 0.6) is 0 Å². The quantitative estimate of drug-likeness (QED) is 0.793. The first-order valence-electron chi connectivity index (χ1n) is 5.73. The molecular weight excluding hydrogens is 330 g/mol. The van der Waals surface area contributed by atoms with Crippen LogP contribution in [0.15, 0.2) is 22.7 Å². The Morgan fingerprint density at radius 1 is 1.53 bits per heavy atom. The van der Waals surface area contributed by atoms with Crippen molar-refractivity contribution in [2.45, 2.75) is 18.6 Å². The molecule has 0 aromatic heterocycles. The number of hydrogen-bond acceptors (Lipinski definition) is 4. The van der Waals surface area contributed by atoms with Gasteiger partial charge in [-0.25, -0.2) is 0 Å². The molecule has 1 fully saturated rings. The number of anilines is 1. The third kappa shape index (κ3) is 3.25. The van der Waals surface area contributed by atoms with Crippen molar-refractivity contribution in [2.24, 2.45) is 0 Å². The van der Waals surface area contributed by atoms with Crippen LogP contribution in [0.3, 0.4) is 0 Å². The molecular formula is C13H12BrNO3S. The van der Waals surface area contributed by atoms with Gasteiger partial charge in [-0.15, -0.1) is 0 Å². The summed E-state index contributed by atoms with van der Waals surface area (Å²) < 4.78 is 0.791. The van der Waals surface area contributed by atoms with Crippen molar-refractivity contribution >= 4 is 50.7 Å². The van der Waals surface area contributed by atoms with Crippen molar-refractivity contribution in [2.75, 3.05) is 11.4 Å². The van der Waals surface area contributed by atoms with Crippen molar-refractivity contribution in [3.05, 3.63) is 28.2 Å². The third-order valence-corrected chi connectivity index (χ3v) is 4.30. The molecule has 1 aliphatic rings. The Morgan fingerprint density at radius 2 is 2.26 bits per heavy atom. The van der Waals surface area contributed by atoms with E-state index in [0.717, 1.165) is 10.8 Å². The Balaban J connectivity index is 2.25. The van der Waals surface area contributed by atoms with Gasteiger partial charge in [0, 0.05) is 35.2 Å². The van der Waals surface area contributed by atoms with Gasteiger partial charge in [0.1, 0.15) is 0 Å². The fourth-order valence-corrected chi connectivity index (χ4v) is 3.38. The lowest BCUT2D eigenvalue weighted by Gasteiger charge is -2.18. The van der Waals surface area contributed by atoms with Crippen molar-refractivity contribution in [1.29, 1.82) is 0 Å². The minimum atomic E-state index is -0.0517. The summed E-state index contributed by atoms with van der Waals surface area (Å²) in [7, 11) is 0. The second kappa shape index (κ2) is 5.88. The number of rotatable bonds is 3. The van der Waals surface area contributed by atoms with E-state index in [0.29, 0.717) is 24.2 Å². The highest BCUT2D eigenvalue weighted by molar-refractivity contribution is 9.10. The molecule has 100 valence electrons. The summed E-state index contributed by atoms with van der Waals surface area (Å²) in [6.07, 6.45) is 1.07. The van der Waals surface area contributed by atoms with Crippen LogP contribution in [0.25, 0.3) is 0 Å². The van der Waals surface area contributed by atoms with E-state index in [1.54, 1.807) is 23.1 Å². The van der Waals surface area contributed by atoms with Crippen molar-refractivity contribution in [3.63, 3.8) is 0 Å². The summed E-state index contributed by atoms with van der Waals surface area (Å²) >= 11 is 4.48. The van der Waals surface area contributed by atoms with E-state index in [2.05, 4.69) is 15.9 Å². The van der Waals surface area contributed by atoms with Crippen LogP contribution < -0.4 is 4.90 Å². The van der Waals surface area contributed by atoms with E-state index >= 15 is 0 Å². The highest BCUT2D eigenvalue weighted by Gasteiger charge is 2.32. The molecule has 1 saturated heterocycles. The lowest BCUT2D eigenvalue weighted by molar-refractivity contribution is -0.117. The zero-order valence-corrected chi connectivity index (χ0v) is 12.7. The average Bonchev–Trinajstić information content (AvgIpc) is 2.69. The topological polar surface area (TPSA) is 54.5 Å².